The molecule has 0 radical (unpaired) electrons. The van der Waals surface area contributed by atoms with Crippen molar-refractivity contribution in [2.75, 3.05) is 0 Å². The van der Waals surface area contributed by atoms with Gasteiger partial charge in [-0.2, -0.15) is 0 Å². The van der Waals surface area contributed by atoms with Gasteiger partial charge in [-0.25, -0.2) is 0 Å². The predicted molar refractivity (Wildman–Crippen MR) is 132 cm³/mol. The van der Waals surface area contributed by atoms with Crippen LogP contribution in [-0.2, 0) is 0 Å². The summed E-state index contributed by atoms with van der Waals surface area (Å²) in [6, 6.07) is 16.6. The summed E-state index contributed by atoms with van der Waals surface area (Å²) >= 11 is 3.42. The standard InChI is InChI=1S/C24H17BBrNO6/c25-15-16(26)13-14-18(22(31)24(33)23(32)19(14)28)27(17(13)21(30)20(15)29)12-9-5-4-8-11(12)10-6-2-1-3-7-10/h1-9,28-33H,25H2. The smallest absolute Gasteiger partial charge is 0.206 e. The van der Waals surface area contributed by atoms with Crippen molar-refractivity contribution in [1.29, 1.82) is 0 Å². The van der Waals surface area contributed by atoms with Gasteiger partial charge in [0, 0.05) is 15.4 Å². The van der Waals surface area contributed by atoms with E-state index in [4.69, 9.17) is 0 Å². The van der Waals surface area contributed by atoms with Gasteiger partial charge in [-0.3, -0.25) is 0 Å². The van der Waals surface area contributed by atoms with Crippen molar-refractivity contribution in [3.63, 3.8) is 0 Å². The lowest BCUT2D eigenvalue weighted by Gasteiger charge is -2.16. The van der Waals surface area contributed by atoms with Crippen LogP contribution in [0.3, 0.4) is 0 Å². The Morgan fingerprint density at radius 2 is 1.15 bits per heavy atom. The number of halogens is 1. The molecule has 0 saturated carbocycles. The molecule has 0 spiro atoms. The van der Waals surface area contributed by atoms with Crippen LogP contribution in [0.4, 0.5) is 0 Å². The number of rotatable bonds is 2. The summed E-state index contributed by atoms with van der Waals surface area (Å²) in [6.07, 6.45) is 0. The lowest BCUT2D eigenvalue weighted by Crippen LogP contribution is -2.06. The monoisotopic (exact) mass is 505 g/mol. The summed E-state index contributed by atoms with van der Waals surface area (Å²) in [6.45, 7) is 0. The molecule has 0 unspecified atom stereocenters. The SMILES string of the molecule is Bc1c(O)c(O)c2c(c1Br)c1c(O)c(O)c(O)c(O)c1n2-c1ccccc1-c1ccccc1. The van der Waals surface area contributed by atoms with Crippen molar-refractivity contribution in [2.24, 2.45) is 0 Å². The molecule has 0 aliphatic heterocycles. The molecule has 4 aromatic carbocycles. The highest BCUT2D eigenvalue weighted by atomic mass is 79.9. The van der Waals surface area contributed by atoms with Crippen LogP contribution in [0.25, 0.3) is 38.6 Å². The molecule has 0 saturated heterocycles. The molecular formula is C24H17BBrNO6. The minimum Gasteiger partial charge on any atom is -0.505 e. The fourth-order valence-electron chi connectivity index (χ4n) is 4.27. The number of fused-ring (bicyclic) bond motifs is 3. The molecule has 0 aliphatic carbocycles. The first-order chi connectivity index (χ1) is 15.8. The number of aromatic nitrogens is 1. The molecule has 5 aromatic rings. The third-order valence-electron chi connectivity index (χ3n) is 5.89. The number of para-hydroxylation sites is 1. The van der Waals surface area contributed by atoms with Crippen LogP contribution in [0.2, 0.25) is 0 Å². The summed E-state index contributed by atoms with van der Waals surface area (Å²) in [5.41, 5.74) is 2.36. The average Bonchev–Trinajstić information content (AvgIpc) is 3.20. The molecule has 33 heavy (non-hydrogen) atoms. The Hall–Kier alpha value is -3.98. The molecular weight excluding hydrogens is 489 g/mol. The zero-order valence-corrected chi connectivity index (χ0v) is 18.8. The number of benzene rings is 4. The van der Waals surface area contributed by atoms with Crippen molar-refractivity contribution in [3.05, 3.63) is 59.1 Å². The van der Waals surface area contributed by atoms with Crippen molar-refractivity contribution < 1.29 is 30.6 Å². The fourth-order valence-corrected chi connectivity index (χ4v) is 4.85. The molecule has 0 bridgehead atoms. The Bertz CT molecular complexity index is 1520. The van der Waals surface area contributed by atoms with E-state index in [1.165, 1.54) is 4.57 Å². The Labute approximate surface area is 196 Å². The van der Waals surface area contributed by atoms with Crippen molar-refractivity contribution in [2.45, 2.75) is 0 Å². The molecule has 0 aliphatic rings. The number of phenolic OH excluding ortho intramolecular Hbond substituents is 6. The van der Waals surface area contributed by atoms with Gasteiger partial charge in [0.2, 0.25) is 11.5 Å². The van der Waals surface area contributed by atoms with Crippen LogP contribution in [-0.4, -0.2) is 43.1 Å². The normalized spacial score (nSPS) is 11.4. The first-order valence-electron chi connectivity index (χ1n) is 9.94. The zero-order valence-electron chi connectivity index (χ0n) is 17.2. The topological polar surface area (TPSA) is 126 Å². The van der Waals surface area contributed by atoms with Crippen LogP contribution in [0.5, 0.6) is 34.5 Å². The van der Waals surface area contributed by atoms with E-state index in [0.29, 0.717) is 15.6 Å². The van der Waals surface area contributed by atoms with Crippen molar-refractivity contribution >= 4 is 51.0 Å². The highest BCUT2D eigenvalue weighted by molar-refractivity contribution is 9.10. The second-order valence-corrected chi connectivity index (χ2v) is 8.49. The summed E-state index contributed by atoms with van der Waals surface area (Å²) in [4.78, 5) is 0. The van der Waals surface area contributed by atoms with E-state index >= 15 is 0 Å². The maximum atomic E-state index is 11.0. The molecule has 5 rings (SSSR count). The van der Waals surface area contributed by atoms with Gasteiger partial charge in [0.25, 0.3) is 0 Å². The molecule has 0 fully saturated rings. The van der Waals surface area contributed by atoms with E-state index in [0.717, 1.165) is 11.1 Å². The summed E-state index contributed by atoms with van der Waals surface area (Å²) in [5, 5.41) is 64.1. The molecule has 0 atom stereocenters. The first kappa shape index (κ1) is 20.9. The predicted octanol–water partition coefficient (Wildman–Crippen LogP) is 3.71. The Morgan fingerprint density at radius 1 is 0.606 bits per heavy atom. The maximum absolute atomic E-state index is 11.0. The summed E-state index contributed by atoms with van der Waals surface area (Å²) in [5.74, 6) is -4.04. The van der Waals surface area contributed by atoms with Crippen LogP contribution in [0.15, 0.2) is 59.1 Å². The molecule has 1 aromatic heterocycles. The van der Waals surface area contributed by atoms with Crippen molar-refractivity contribution in [3.8, 4) is 51.3 Å². The molecule has 7 nitrogen and oxygen atoms in total. The Kier molecular flexibility index (Phi) is 4.61. The number of hydrogen-bond acceptors (Lipinski definition) is 6. The van der Waals surface area contributed by atoms with Gasteiger partial charge >= 0.3 is 0 Å². The minimum atomic E-state index is -0.905. The van der Waals surface area contributed by atoms with Gasteiger partial charge in [0.1, 0.15) is 18.9 Å². The maximum Gasteiger partial charge on any atom is 0.206 e. The minimum absolute atomic E-state index is 0.00839. The molecule has 9 heteroatoms. The van der Waals surface area contributed by atoms with Crippen LogP contribution >= 0.6 is 15.9 Å². The number of aromatic hydroxyl groups is 6. The van der Waals surface area contributed by atoms with E-state index in [9.17, 15) is 30.6 Å². The number of phenols is 6. The quantitative estimate of drug-likeness (QED) is 0.123. The number of hydrogen-bond donors (Lipinski definition) is 6. The van der Waals surface area contributed by atoms with Crippen LogP contribution in [0.1, 0.15) is 0 Å². The van der Waals surface area contributed by atoms with E-state index in [1.807, 2.05) is 42.5 Å². The summed E-state index contributed by atoms with van der Waals surface area (Å²) in [7, 11) is 1.57. The van der Waals surface area contributed by atoms with Gasteiger partial charge in [0.15, 0.2) is 23.0 Å². The lowest BCUT2D eigenvalue weighted by atomic mass is 9.92. The van der Waals surface area contributed by atoms with Crippen LogP contribution in [0, 0.1) is 0 Å². The molecule has 164 valence electrons. The second-order valence-electron chi connectivity index (χ2n) is 7.70. The third kappa shape index (κ3) is 2.75. The summed E-state index contributed by atoms with van der Waals surface area (Å²) < 4.78 is 1.79. The molecule has 1 heterocycles. The average molecular weight is 506 g/mol. The largest absolute Gasteiger partial charge is 0.505 e. The van der Waals surface area contributed by atoms with E-state index < -0.39 is 28.7 Å². The Morgan fingerprint density at radius 3 is 1.85 bits per heavy atom. The molecule has 0 amide bonds. The first-order valence-corrected chi connectivity index (χ1v) is 10.7. The number of nitrogens with zero attached hydrogens (tertiary/aromatic N) is 1. The second kappa shape index (κ2) is 7.28. The van der Waals surface area contributed by atoms with Gasteiger partial charge < -0.3 is 35.2 Å². The van der Waals surface area contributed by atoms with E-state index in [2.05, 4.69) is 15.9 Å². The van der Waals surface area contributed by atoms with E-state index in [-0.39, 0.29) is 27.6 Å². The third-order valence-corrected chi connectivity index (χ3v) is 6.88. The van der Waals surface area contributed by atoms with Crippen LogP contribution < -0.4 is 5.46 Å². The highest BCUT2D eigenvalue weighted by Crippen LogP contribution is 2.55. The molecule has 6 N–H and O–H groups in total. The zero-order chi connectivity index (χ0) is 23.6. The highest BCUT2D eigenvalue weighted by Gasteiger charge is 2.30. The fraction of sp³-hybridized carbons (Fsp3) is 0. The van der Waals surface area contributed by atoms with E-state index in [1.54, 1.807) is 20.0 Å². The van der Waals surface area contributed by atoms with Crippen molar-refractivity contribution in [1.82, 2.24) is 4.57 Å². The van der Waals surface area contributed by atoms with Gasteiger partial charge in [0.05, 0.1) is 11.1 Å². The van der Waals surface area contributed by atoms with Gasteiger partial charge in [-0.1, -0.05) is 64.5 Å². The van der Waals surface area contributed by atoms with Gasteiger partial charge in [-0.05, 0) is 17.1 Å². The lowest BCUT2D eigenvalue weighted by molar-refractivity contribution is 0.350. The van der Waals surface area contributed by atoms with Gasteiger partial charge in [-0.15, -0.1) is 0 Å². The Balaban J connectivity index is 2.11.